The zero-order valence-electron chi connectivity index (χ0n) is 14.4. The van der Waals surface area contributed by atoms with Crippen molar-refractivity contribution in [1.82, 2.24) is 10.3 Å². The average molecular weight is 350 g/mol. The molecule has 0 amide bonds. The highest BCUT2D eigenvalue weighted by Crippen LogP contribution is 2.23. The van der Waals surface area contributed by atoms with Gasteiger partial charge in [0.1, 0.15) is 17.5 Å². The van der Waals surface area contributed by atoms with Crippen LogP contribution in [0.1, 0.15) is 5.69 Å². The van der Waals surface area contributed by atoms with Gasteiger partial charge in [-0.3, -0.25) is 4.98 Å². The van der Waals surface area contributed by atoms with E-state index >= 15 is 0 Å². The summed E-state index contributed by atoms with van der Waals surface area (Å²) in [6, 6.07) is 14.5. The highest BCUT2D eigenvalue weighted by molar-refractivity contribution is 5.89. The number of esters is 1. The topological polar surface area (TPSA) is 96.3 Å². The lowest BCUT2D eigenvalue weighted by atomic mass is 10.2. The summed E-state index contributed by atoms with van der Waals surface area (Å²) < 4.78 is 10.0. The number of hydrogen-bond donors (Lipinski definition) is 2. The van der Waals surface area contributed by atoms with Crippen LogP contribution in [0.3, 0.4) is 0 Å². The molecule has 1 aromatic heterocycles. The Hall–Kier alpha value is -3.79. The standard InChI is InChI=1S/C19H18N4O3/c1-25-18-9-4-3-8-16(18)23-13-17(19(24)26-2)22-12-14(11-20)15-7-5-6-10-21-15/h3-10,12-13,22-23H,1-2H3/b14-12-,17-13+. The first-order valence-electron chi connectivity index (χ1n) is 7.66. The minimum Gasteiger partial charge on any atom is -0.495 e. The van der Waals surface area contributed by atoms with Gasteiger partial charge in [-0.25, -0.2) is 4.79 Å². The molecule has 0 aliphatic carbocycles. The molecule has 0 atom stereocenters. The van der Waals surface area contributed by atoms with Crippen molar-refractivity contribution in [3.8, 4) is 11.8 Å². The van der Waals surface area contributed by atoms with Crippen molar-refractivity contribution >= 4 is 17.2 Å². The Morgan fingerprint density at radius 2 is 1.92 bits per heavy atom. The Bertz CT molecular complexity index is 855. The second-order valence-electron chi connectivity index (χ2n) is 4.92. The Morgan fingerprint density at radius 3 is 2.58 bits per heavy atom. The maximum Gasteiger partial charge on any atom is 0.355 e. The van der Waals surface area contributed by atoms with Crippen molar-refractivity contribution in [2.45, 2.75) is 0 Å². The molecule has 0 fully saturated rings. The van der Waals surface area contributed by atoms with E-state index in [1.54, 1.807) is 43.6 Å². The molecule has 0 aliphatic heterocycles. The molecule has 2 N–H and O–H groups in total. The van der Waals surface area contributed by atoms with Gasteiger partial charge in [0.2, 0.25) is 0 Å². The van der Waals surface area contributed by atoms with Gasteiger partial charge in [-0.15, -0.1) is 0 Å². The zero-order valence-corrected chi connectivity index (χ0v) is 14.4. The van der Waals surface area contributed by atoms with Crippen LogP contribution in [-0.2, 0) is 9.53 Å². The van der Waals surface area contributed by atoms with Gasteiger partial charge in [0.15, 0.2) is 0 Å². The molecule has 0 bridgehead atoms. The van der Waals surface area contributed by atoms with Gasteiger partial charge < -0.3 is 20.1 Å². The van der Waals surface area contributed by atoms with Crippen molar-refractivity contribution in [3.63, 3.8) is 0 Å². The second kappa shape index (κ2) is 9.49. The van der Waals surface area contributed by atoms with Gasteiger partial charge in [-0.05, 0) is 24.3 Å². The van der Waals surface area contributed by atoms with Crippen LogP contribution in [0.2, 0.25) is 0 Å². The second-order valence-corrected chi connectivity index (χ2v) is 4.92. The number of nitrogens with one attached hydrogen (secondary N) is 2. The van der Waals surface area contributed by atoms with Gasteiger partial charge in [0.05, 0.1) is 31.2 Å². The highest BCUT2D eigenvalue weighted by atomic mass is 16.5. The van der Waals surface area contributed by atoms with Crippen molar-refractivity contribution in [2.24, 2.45) is 0 Å². The summed E-state index contributed by atoms with van der Waals surface area (Å²) in [5.74, 6) is 0.0247. The first-order valence-corrected chi connectivity index (χ1v) is 7.66. The summed E-state index contributed by atoms with van der Waals surface area (Å²) in [5.41, 5.74) is 1.55. The lowest BCUT2D eigenvalue weighted by Crippen LogP contribution is -2.18. The molecule has 26 heavy (non-hydrogen) atoms. The molecular formula is C19H18N4O3. The molecule has 7 heteroatoms. The predicted molar refractivity (Wildman–Crippen MR) is 97.7 cm³/mol. The quantitative estimate of drug-likeness (QED) is 0.450. The smallest absolute Gasteiger partial charge is 0.355 e. The van der Waals surface area contributed by atoms with Crippen LogP contribution < -0.4 is 15.4 Å². The Balaban J connectivity index is 2.23. The van der Waals surface area contributed by atoms with E-state index in [1.165, 1.54) is 19.5 Å². The lowest BCUT2D eigenvalue weighted by molar-refractivity contribution is -0.136. The largest absolute Gasteiger partial charge is 0.495 e. The monoisotopic (exact) mass is 350 g/mol. The Kier molecular flexibility index (Phi) is 6.77. The van der Waals surface area contributed by atoms with E-state index in [1.807, 2.05) is 18.2 Å². The number of benzene rings is 1. The van der Waals surface area contributed by atoms with Crippen LogP contribution in [0.15, 0.2) is 66.8 Å². The van der Waals surface area contributed by atoms with Crippen molar-refractivity contribution < 1.29 is 14.3 Å². The summed E-state index contributed by atoms with van der Waals surface area (Å²) in [6.07, 6.45) is 4.42. The maximum atomic E-state index is 12.0. The van der Waals surface area contributed by atoms with E-state index in [0.717, 1.165) is 0 Å². The predicted octanol–water partition coefficient (Wildman–Crippen LogP) is 2.67. The first-order chi connectivity index (χ1) is 12.7. The van der Waals surface area contributed by atoms with Gasteiger partial charge in [0.25, 0.3) is 0 Å². The number of carbonyl (C=O) groups excluding carboxylic acids is 1. The number of ether oxygens (including phenoxy) is 2. The van der Waals surface area contributed by atoms with Gasteiger partial charge in [-0.2, -0.15) is 5.26 Å². The summed E-state index contributed by atoms with van der Waals surface area (Å²) in [5, 5.41) is 15.1. The molecule has 1 aromatic carbocycles. The average Bonchev–Trinajstić information content (AvgIpc) is 2.71. The fourth-order valence-corrected chi connectivity index (χ4v) is 2.02. The van der Waals surface area contributed by atoms with Crippen LogP contribution in [0.25, 0.3) is 5.57 Å². The number of carbonyl (C=O) groups is 1. The minimum atomic E-state index is -0.595. The van der Waals surface area contributed by atoms with Crippen molar-refractivity contribution in [3.05, 3.63) is 72.5 Å². The van der Waals surface area contributed by atoms with E-state index in [-0.39, 0.29) is 11.3 Å². The summed E-state index contributed by atoms with van der Waals surface area (Å²) >= 11 is 0. The highest BCUT2D eigenvalue weighted by Gasteiger charge is 2.10. The molecule has 0 aliphatic rings. The molecule has 0 spiro atoms. The number of methoxy groups -OCH3 is 2. The molecule has 132 valence electrons. The molecule has 0 saturated carbocycles. The number of allylic oxidation sites excluding steroid dienone is 1. The number of hydrogen-bond acceptors (Lipinski definition) is 7. The summed E-state index contributed by atoms with van der Waals surface area (Å²) in [7, 11) is 2.83. The van der Waals surface area contributed by atoms with Crippen LogP contribution in [0.5, 0.6) is 5.75 Å². The number of para-hydroxylation sites is 2. The number of anilines is 1. The van der Waals surface area contributed by atoms with E-state index in [0.29, 0.717) is 17.1 Å². The molecule has 2 aromatic rings. The van der Waals surface area contributed by atoms with Crippen LogP contribution in [-0.4, -0.2) is 25.2 Å². The number of rotatable bonds is 7. The molecular weight excluding hydrogens is 332 g/mol. The van der Waals surface area contributed by atoms with Crippen LogP contribution >= 0.6 is 0 Å². The van der Waals surface area contributed by atoms with Gasteiger partial charge in [0, 0.05) is 18.6 Å². The molecule has 7 nitrogen and oxygen atoms in total. The van der Waals surface area contributed by atoms with Crippen molar-refractivity contribution in [2.75, 3.05) is 19.5 Å². The van der Waals surface area contributed by atoms with E-state index < -0.39 is 5.97 Å². The normalized spacial score (nSPS) is 11.3. The molecule has 2 rings (SSSR count). The van der Waals surface area contributed by atoms with E-state index in [2.05, 4.69) is 15.6 Å². The molecule has 0 saturated heterocycles. The number of nitrogens with zero attached hydrogens (tertiary/aromatic N) is 2. The maximum absolute atomic E-state index is 12.0. The third-order valence-electron chi connectivity index (χ3n) is 3.32. The molecule has 0 radical (unpaired) electrons. The summed E-state index contributed by atoms with van der Waals surface area (Å²) in [6.45, 7) is 0. The number of pyridine rings is 1. The fraction of sp³-hybridized carbons (Fsp3) is 0.105. The lowest BCUT2D eigenvalue weighted by Gasteiger charge is -2.10. The van der Waals surface area contributed by atoms with Crippen LogP contribution in [0, 0.1) is 11.3 Å². The Morgan fingerprint density at radius 1 is 1.15 bits per heavy atom. The van der Waals surface area contributed by atoms with E-state index in [9.17, 15) is 10.1 Å². The summed E-state index contributed by atoms with van der Waals surface area (Å²) in [4.78, 5) is 16.1. The van der Waals surface area contributed by atoms with Crippen molar-refractivity contribution in [1.29, 1.82) is 5.26 Å². The Labute approximate surface area is 151 Å². The van der Waals surface area contributed by atoms with Gasteiger partial charge in [-0.1, -0.05) is 18.2 Å². The van der Waals surface area contributed by atoms with Gasteiger partial charge >= 0.3 is 5.97 Å². The molecule has 0 unspecified atom stereocenters. The SMILES string of the molecule is COC(=O)/C(=C\Nc1ccccc1OC)N/C=C(/C#N)c1ccccn1. The number of nitriles is 1. The first kappa shape index (κ1) is 18.5. The molecule has 1 heterocycles. The fourth-order valence-electron chi connectivity index (χ4n) is 2.02. The number of aromatic nitrogens is 1. The third-order valence-corrected chi connectivity index (χ3v) is 3.32. The minimum absolute atomic E-state index is 0.113. The zero-order chi connectivity index (χ0) is 18.8. The third kappa shape index (κ3) is 4.85. The van der Waals surface area contributed by atoms with Crippen LogP contribution in [0.4, 0.5) is 5.69 Å². The van der Waals surface area contributed by atoms with E-state index in [4.69, 9.17) is 9.47 Å².